The average molecular weight is 329 g/mol. The van der Waals surface area contributed by atoms with Crippen LogP contribution in [0.3, 0.4) is 0 Å². The van der Waals surface area contributed by atoms with Gasteiger partial charge in [0.1, 0.15) is 5.82 Å². The monoisotopic (exact) mass is 329 g/mol. The van der Waals surface area contributed by atoms with E-state index >= 15 is 0 Å². The Morgan fingerprint density at radius 2 is 2.13 bits per heavy atom. The first-order valence-electron chi connectivity index (χ1n) is 8.09. The van der Waals surface area contributed by atoms with E-state index in [4.69, 9.17) is 0 Å². The number of nitrogens with zero attached hydrogens (tertiary/aromatic N) is 2. The van der Waals surface area contributed by atoms with Crippen molar-refractivity contribution in [3.63, 3.8) is 0 Å². The predicted octanol–water partition coefficient (Wildman–Crippen LogP) is 3.80. The zero-order valence-electron chi connectivity index (χ0n) is 13.7. The van der Waals surface area contributed by atoms with Gasteiger partial charge in [-0.05, 0) is 38.0 Å². The molecule has 4 nitrogen and oxygen atoms in total. The molecular formula is C18H23N3OS. The molecule has 2 heterocycles. The second-order valence-electron chi connectivity index (χ2n) is 6.08. The van der Waals surface area contributed by atoms with Crippen LogP contribution in [0.4, 0.5) is 0 Å². The minimum Gasteiger partial charge on any atom is -0.340 e. The molecular weight excluding hydrogens is 306 g/mol. The number of aromatic nitrogens is 2. The summed E-state index contributed by atoms with van der Waals surface area (Å²) in [6.45, 7) is 2.92. The Bertz CT molecular complexity index is 665. The van der Waals surface area contributed by atoms with Crippen molar-refractivity contribution in [1.82, 2.24) is 14.9 Å². The maximum absolute atomic E-state index is 12.4. The third-order valence-electron chi connectivity index (χ3n) is 4.36. The van der Waals surface area contributed by atoms with Crippen LogP contribution < -0.4 is 0 Å². The van der Waals surface area contributed by atoms with Gasteiger partial charge in [0.2, 0.25) is 5.91 Å². The molecule has 122 valence electrons. The van der Waals surface area contributed by atoms with E-state index in [0.29, 0.717) is 5.75 Å². The number of carbonyl (C=O) groups excluding carboxylic acids is 1. The smallest absolute Gasteiger partial charge is 0.233 e. The van der Waals surface area contributed by atoms with Crippen molar-refractivity contribution in [2.24, 2.45) is 0 Å². The number of imidazole rings is 1. The minimum atomic E-state index is 0.0857. The average Bonchev–Trinajstić information content (AvgIpc) is 3.05. The van der Waals surface area contributed by atoms with Crippen LogP contribution in [0.1, 0.15) is 36.7 Å². The van der Waals surface area contributed by atoms with Crippen molar-refractivity contribution in [1.29, 1.82) is 0 Å². The van der Waals surface area contributed by atoms with Gasteiger partial charge in [0, 0.05) is 6.54 Å². The Kier molecular flexibility index (Phi) is 5.06. The molecule has 1 aliphatic rings. The quantitative estimate of drug-likeness (QED) is 0.928. The first-order chi connectivity index (χ1) is 11.2. The molecule has 23 heavy (non-hydrogen) atoms. The number of H-pyrrole nitrogens is 1. The number of likely N-dealkylation sites (tertiary alicyclic amines) is 1. The van der Waals surface area contributed by atoms with E-state index in [-0.39, 0.29) is 11.9 Å². The largest absolute Gasteiger partial charge is 0.340 e. The lowest BCUT2D eigenvalue weighted by molar-refractivity contribution is -0.132. The SMILES string of the molecule is CSCC(=O)N1CCCC[C@@H]1c1ncc(-c2ccc(C)cc2)[nH]1. The number of benzene rings is 1. The van der Waals surface area contributed by atoms with E-state index in [0.717, 1.165) is 42.9 Å². The summed E-state index contributed by atoms with van der Waals surface area (Å²) in [7, 11) is 0. The van der Waals surface area contributed by atoms with Gasteiger partial charge in [0.05, 0.1) is 23.7 Å². The summed E-state index contributed by atoms with van der Waals surface area (Å²) < 4.78 is 0. The molecule has 3 rings (SSSR count). The molecule has 1 atom stereocenters. The minimum absolute atomic E-state index is 0.0857. The lowest BCUT2D eigenvalue weighted by atomic mass is 10.0. The molecule has 1 aliphatic heterocycles. The Balaban J connectivity index is 1.82. The Labute approximate surface area is 141 Å². The van der Waals surface area contributed by atoms with Gasteiger partial charge in [0.25, 0.3) is 0 Å². The highest BCUT2D eigenvalue weighted by Gasteiger charge is 2.29. The summed E-state index contributed by atoms with van der Waals surface area (Å²) in [4.78, 5) is 22.4. The number of nitrogens with one attached hydrogen (secondary N) is 1. The Morgan fingerprint density at radius 1 is 1.35 bits per heavy atom. The van der Waals surface area contributed by atoms with Crippen molar-refractivity contribution < 1.29 is 4.79 Å². The molecule has 1 aromatic heterocycles. The fraction of sp³-hybridized carbons (Fsp3) is 0.444. The summed E-state index contributed by atoms with van der Waals surface area (Å²) in [5.41, 5.74) is 3.39. The first kappa shape index (κ1) is 16.1. The highest BCUT2D eigenvalue weighted by Crippen LogP contribution is 2.31. The number of thioether (sulfide) groups is 1. The maximum atomic E-state index is 12.4. The van der Waals surface area contributed by atoms with Gasteiger partial charge in [-0.3, -0.25) is 4.79 Å². The highest BCUT2D eigenvalue weighted by atomic mass is 32.2. The van der Waals surface area contributed by atoms with Crippen molar-refractivity contribution in [3.05, 3.63) is 41.9 Å². The van der Waals surface area contributed by atoms with Crippen molar-refractivity contribution in [2.45, 2.75) is 32.2 Å². The van der Waals surface area contributed by atoms with Crippen LogP contribution in [0.2, 0.25) is 0 Å². The summed E-state index contributed by atoms with van der Waals surface area (Å²) in [5.74, 6) is 1.67. The Hall–Kier alpha value is -1.75. The van der Waals surface area contributed by atoms with Crippen molar-refractivity contribution in [2.75, 3.05) is 18.6 Å². The van der Waals surface area contributed by atoms with E-state index in [1.165, 1.54) is 5.56 Å². The number of hydrogen-bond donors (Lipinski definition) is 1. The van der Waals surface area contributed by atoms with Crippen LogP contribution in [-0.2, 0) is 4.79 Å². The van der Waals surface area contributed by atoms with Gasteiger partial charge in [-0.25, -0.2) is 4.98 Å². The van der Waals surface area contributed by atoms with Crippen LogP contribution in [0.15, 0.2) is 30.5 Å². The molecule has 0 radical (unpaired) electrons. The standard InChI is InChI=1S/C18H23N3OS/c1-13-6-8-14(9-7-13)15-11-19-18(20-15)16-5-3-4-10-21(16)17(22)12-23-2/h6-9,11,16H,3-5,10,12H2,1-2H3,(H,19,20)/t16-/m1/s1. The van der Waals surface area contributed by atoms with Crippen LogP contribution in [0, 0.1) is 6.92 Å². The van der Waals surface area contributed by atoms with E-state index in [1.807, 2.05) is 17.4 Å². The highest BCUT2D eigenvalue weighted by molar-refractivity contribution is 7.99. The molecule has 1 aromatic carbocycles. The zero-order chi connectivity index (χ0) is 16.2. The summed E-state index contributed by atoms with van der Waals surface area (Å²) in [6, 6.07) is 8.49. The molecule has 2 aromatic rings. The fourth-order valence-corrected chi connectivity index (χ4v) is 3.52. The number of piperidine rings is 1. The summed E-state index contributed by atoms with van der Waals surface area (Å²) in [5, 5.41) is 0. The molecule has 5 heteroatoms. The molecule has 0 spiro atoms. The fourth-order valence-electron chi connectivity index (χ4n) is 3.11. The second kappa shape index (κ2) is 7.21. The normalized spacial score (nSPS) is 18.2. The van der Waals surface area contributed by atoms with E-state index in [2.05, 4.69) is 41.2 Å². The molecule has 0 saturated carbocycles. The van der Waals surface area contributed by atoms with Crippen LogP contribution in [0.5, 0.6) is 0 Å². The van der Waals surface area contributed by atoms with Crippen LogP contribution >= 0.6 is 11.8 Å². The number of amides is 1. The first-order valence-corrected chi connectivity index (χ1v) is 9.49. The predicted molar refractivity (Wildman–Crippen MR) is 95.4 cm³/mol. The molecule has 1 N–H and O–H groups in total. The molecule has 1 fully saturated rings. The molecule has 0 bridgehead atoms. The van der Waals surface area contributed by atoms with Crippen LogP contribution in [0.25, 0.3) is 11.3 Å². The summed E-state index contributed by atoms with van der Waals surface area (Å²) >= 11 is 1.58. The summed E-state index contributed by atoms with van der Waals surface area (Å²) in [6.07, 6.45) is 7.07. The van der Waals surface area contributed by atoms with Gasteiger partial charge >= 0.3 is 0 Å². The van der Waals surface area contributed by atoms with Gasteiger partial charge in [-0.15, -0.1) is 0 Å². The van der Waals surface area contributed by atoms with Crippen molar-refractivity contribution >= 4 is 17.7 Å². The lowest BCUT2D eigenvalue weighted by Crippen LogP contribution is -2.40. The second-order valence-corrected chi connectivity index (χ2v) is 6.95. The molecule has 0 unspecified atom stereocenters. The van der Waals surface area contributed by atoms with Crippen molar-refractivity contribution in [3.8, 4) is 11.3 Å². The maximum Gasteiger partial charge on any atom is 0.233 e. The Morgan fingerprint density at radius 3 is 2.87 bits per heavy atom. The van der Waals surface area contributed by atoms with Gasteiger partial charge in [0.15, 0.2) is 0 Å². The van der Waals surface area contributed by atoms with E-state index < -0.39 is 0 Å². The number of aromatic amines is 1. The third kappa shape index (κ3) is 3.61. The van der Waals surface area contributed by atoms with Gasteiger partial charge in [-0.2, -0.15) is 11.8 Å². The number of carbonyl (C=O) groups is 1. The zero-order valence-corrected chi connectivity index (χ0v) is 14.5. The lowest BCUT2D eigenvalue weighted by Gasteiger charge is -2.34. The van der Waals surface area contributed by atoms with Crippen LogP contribution in [-0.4, -0.2) is 39.3 Å². The number of aryl methyl sites for hydroxylation is 1. The number of rotatable bonds is 4. The van der Waals surface area contributed by atoms with E-state index in [1.54, 1.807) is 11.8 Å². The van der Waals surface area contributed by atoms with Gasteiger partial charge in [-0.1, -0.05) is 29.8 Å². The van der Waals surface area contributed by atoms with Gasteiger partial charge < -0.3 is 9.88 Å². The molecule has 0 aliphatic carbocycles. The molecule has 1 saturated heterocycles. The topological polar surface area (TPSA) is 49.0 Å². The van der Waals surface area contributed by atoms with E-state index in [9.17, 15) is 4.79 Å². The third-order valence-corrected chi connectivity index (χ3v) is 4.90. The number of hydrogen-bond acceptors (Lipinski definition) is 3. The molecule has 1 amide bonds.